The number of hydrogen-bond acceptors (Lipinski definition) is 4. The van der Waals surface area contributed by atoms with Crippen LogP contribution < -0.4 is 9.44 Å². The molecule has 6 heteroatoms. The monoisotopic (exact) mass is 652 g/mol. The van der Waals surface area contributed by atoms with Crippen LogP contribution in [0, 0.1) is 0 Å². The van der Waals surface area contributed by atoms with Crippen LogP contribution in [0.25, 0.3) is 11.1 Å². The topological polar surface area (TPSA) is 70.2 Å². The van der Waals surface area contributed by atoms with Crippen molar-refractivity contribution in [3.63, 3.8) is 0 Å². The van der Waals surface area contributed by atoms with Gasteiger partial charge in [-0.2, -0.15) is 0 Å². The van der Waals surface area contributed by atoms with E-state index in [2.05, 4.69) is 107 Å². The van der Waals surface area contributed by atoms with Gasteiger partial charge in [-0.05, 0) is 124 Å². The Hall–Kier alpha value is -2.58. The van der Waals surface area contributed by atoms with Crippen LogP contribution in [-0.2, 0) is 35.6 Å². The summed E-state index contributed by atoms with van der Waals surface area (Å²) in [5.74, 6) is 0.681. The van der Waals surface area contributed by atoms with E-state index in [9.17, 15) is 9.11 Å². The molecule has 0 fully saturated rings. The van der Waals surface area contributed by atoms with Gasteiger partial charge in [-0.1, -0.05) is 97.1 Å². The molecule has 4 aromatic rings. The van der Waals surface area contributed by atoms with Crippen molar-refractivity contribution in [2.24, 2.45) is 0 Å². The van der Waals surface area contributed by atoms with E-state index in [1.807, 2.05) is 41.5 Å². The SMILES string of the molecule is CC(C)(C)[S@@+]([O-])N[C@@H]1C[C@H](c2cccc(-c3ccc4c(c3)C[C@H](c3ccccc3)C[C@H]4N[S@+]([O-])C(C)(C)C)c2)Cc2ccccc21. The fraction of sp³-hybridized carbons (Fsp3) is 0.400. The summed E-state index contributed by atoms with van der Waals surface area (Å²) in [4.78, 5) is 0. The van der Waals surface area contributed by atoms with Crippen LogP contribution in [0.4, 0.5) is 0 Å². The maximum Gasteiger partial charge on any atom is 0.136 e. The van der Waals surface area contributed by atoms with E-state index in [4.69, 9.17) is 0 Å². The molecule has 2 N–H and O–H groups in total. The molecule has 4 nitrogen and oxygen atoms in total. The zero-order valence-corrected chi connectivity index (χ0v) is 29.6. The average molecular weight is 653 g/mol. The van der Waals surface area contributed by atoms with Gasteiger partial charge in [0.1, 0.15) is 9.49 Å². The zero-order chi connectivity index (χ0) is 32.6. The van der Waals surface area contributed by atoms with E-state index < -0.39 is 22.7 Å². The summed E-state index contributed by atoms with van der Waals surface area (Å²) < 4.78 is 32.7. The van der Waals surface area contributed by atoms with E-state index in [1.165, 1.54) is 44.5 Å². The molecule has 0 bridgehead atoms. The second-order valence-electron chi connectivity index (χ2n) is 15.0. The largest absolute Gasteiger partial charge is 0.598 e. The maximum absolute atomic E-state index is 13.2. The first-order chi connectivity index (χ1) is 21.9. The summed E-state index contributed by atoms with van der Waals surface area (Å²) in [6.07, 6.45) is 3.77. The Kier molecular flexibility index (Phi) is 9.78. The molecule has 46 heavy (non-hydrogen) atoms. The van der Waals surface area contributed by atoms with Crippen molar-refractivity contribution in [3.05, 3.63) is 130 Å². The molecule has 0 saturated heterocycles. The number of benzene rings is 4. The fourth-order valence-electron chi connectivity index (χ4n) is 6.92. The third kappa shape index (κ3) is 7.43. The van der Waals surface area contributed by atoms with Crippen molar-refractivity contribution >= 4 is 22.7 Å². The lowest BCUT2D eigenvalue weighted by Crippen LogP contribution is -2.42. The van der Waals surface area contributed by atoms with E-state index in [1.54, 1.807) is 0 Å². The Balaban J connectivity index is 1.30. The summed E-state index contributed by atoms with van der Waals surface area (Å²) in [5.41, 5.74) is 10.3. The highest BCUT2D eigenvalue weighted by Crippen LogP contribution is 2.43. The van der Waals surface area contributed by atoms with Crippen LogP contribution in [0.5, 0.6) is 0 Å². The molecule has 0 amide bonds. The zero-order valence-electron chi connectivity index (χ0n) is 28.0. The summed E-state index contributed by atoms with van der Waals surface area (Å²) in [7, 11) is 0. The smallest absolute Gasteiger partial charge is 0.136 e. The molecule has 2 aliphatic rings. The minimum Gasteiger partial charge on any atom is -0.598 e. The van der Waals surface area contributed by atoms with Gasteiger partial charge >= 0.3 is 0 Å². The maximum atomic E-state index is 13.2. The van der Waals surface area contributed by atoms with Crippen LogP contribution in [-0.4, -0.2) is 18.6 Å². The van der Waals surface area contributed by atoms with Crippen molar-refractivity contribution in [1.29, 1.82) is 0 Å². The summed E-state index contributed by atoms with van der Waals surface area (Å²) >= 11 is -2.32. The normalized spacial score (nSPS) is 22.9. The van der Waals surface area contributed by atoms with Gasteiger partial charge in [0.25, 0.3) is 0 Å². The van der Waals surface area contributed by atoms with Crippen molar-refractivity contribution in [1.82, 2.24) is 9.44 Å². The highest BCUT2D eigenvalue weighted by Gasteiger charge is 2.36. The average Bonchev–Trinajstić information content (AvgIpc) is 3.04. The van der Waals surface area contributed by atoms with Crippen molar-refractivity contribution in [3.8, 4) is 11.1 Å². The third-order valence-electron chi connectivity index (χ3n) is 9.50. The lowest BCUT2D eigenvalue weighted by atomic mass is 9.76. The Morgan fingerprint density at radius 1 is 0.543 bits per heavy atom. The van der Waals surface area contributed by atoms with Crippen LogP contribution in [0.1, 0.15) is 112 Å². The Labute approximate surface area is 282 Å². The molecule has 0 spiro atoms. The Morgan fingerprint density at radius 3 is 1.72 bits per heavy atom. The van der Waals surface area contributed by atoms with Crippen molar-refractivity contribution < 1.29 is 9.11 Å². The molecule has 0 aromatic heterocycles. The second kappa shape index (κ2) is 13.5. The summed E-state index contributed by atoms with van der Waals surface area (Å²) in [6, 6.07) is 35.3. The minimum absolute atomic E-state index is 0.0276. The molecular formula is C40H48N2O2S2. The number of nitrogens with one attached hydrogen (secondary N) is 2. The molecular weight excluding hydrogens is 605 g/mol. The lowest BCUT2D eigenvalue weighted by Gasteiger charge is -2.35. The molecule has 0 heterocycles. The molecule has 242 valence electrons. The first-order valence-corrected chi connectivity index (χ1v) is 18.9. The molecule has 0 saturated carbocycles. The Morgan fingerprint density at radius 2 is 1.07 bits per heavy atom. The second-order valence-corrected chi connectivity index (χ2v) is 19.0. The van der Waals surface area contributed by atoms with Crippen molar-refractivity contribution in [2.75, 3.05) is 0 Å². The van der Waals surface area contributed by atoms with Gasteiger partial charge < -0.3 is 9.11 Å². The van der Waals surface area contributed by atoms with Gasteiger partial charge in [0.05, 0.1) is 12.1 Å². The highest BCUT2D eigenvalue weighted by atomic mass is 32.2. The number of hydrogen-bond donors (Lipinski definition) is 2. The molecule has 0 aliphatic heterocycles. The van der Waals surface area contributed by atoms with Crippen LogP contribution in [0.2, 0.25) is 0 Å². The molecule has 4 aromatic carbocycles. The number of rotatable bonds is 7. The van der Waals surface area contributed by atoms with Gasteiger partial charge in [0.2, 0.25) is 0 Å². The van der Waals surface area contributed by atoms with Gasteiger partial charge in [-0.3, -0.25) is 0 Å². The minimum atomic E-state index is -1.16. The van der Waals surface area contributed by atoms with Gasteiger partial charge in [0, 0.05) is 22.7 Å². The van der Waals surface area contributed by atoms with Gasteiger partial charge in [0.15, 0.2) is 0 Å². The number of fused-ring (bicyclic) bond motifs is 2. The molecule has 0 unspecified atom stereocenters. The van der Waals surface area contributed by atoms with E-state index in [-0.39, 0.29) is 21.6 Å². The highest BCUT2D eigenvalue weighted by molar-refractivity contribution is 7.91. The summed E-state index contributed by atoms with van der Waals surface area (Å²) in [6.45, 7) is 12.1. The molecule has 0 radical (unpaired) electrons. The van der Waals surface area contributed by atoms with Gasteiger partial charge in [-0.25, -0.2) is 0 Å². The molecule has 6 atom stereocenters. The third-order valence-corrected chi connectivity index (χ3v) is 12.7. The van der Waals surface area contributed by atoms with E-state index >= 15 is 0 Å². The van der Waals surface area contributed by atoms with Crippen LogP contribution >= 0.6 is 0 Å². The van der Waals surface area contributed by atoms with Crippen molar-refractivity contribution in [2.45, 2.75) is 101 Å². The van der Waals surface area contributed by atoms with E-state index in [0.29, 0.717) is 11.8 Å². The summed E-state index contributed by atoms with van der Waals surface area (Å²) in [5, 5.41) is 0. The lowest BCUT2D eigenvalue weighted by molar-refractivity contribution is 0.456. The molecule has 6 rings (SSSR count). The first kappa shape index (κ1) is 33.3. The predicted molar refractivity (Wildman–Crippen MR) is 194 cm³/mol. The van der Waals surface area contributed by atoms with Crippen LogP contribution in [0.3, 0.4) is 0 Å². The van der Waals surface area contributed by atoms with Gasteiger partial charge in [-0.15, -0.1) is 9.44 Å². The van der Waals surface area contributed by atoms with Crippen LogP contribution in [0.15, 0.2) is 97.1 Å². The van der Waals surface area contributed by atoms with E-state index in [0.717, 1.165) is 25.7 Å². The standard InChI is InChI=1S/C40H48N2O2S2/c1-39(2,3)45(43)41-37-26-33(23-31-15-10-11-18-35(31)37)29-17-12-16-28(21-29)30-19-20-36-34(22-30)24-32(27-13-8-7-9-14-27)25-38(36)42-46(44)40(4,5)6/h7-22,32-33,37-38,41-42H,23-26H2,1-6H3/t32-,33+,37+,38+,45+,46+/m0/s1. The first-order valence-electron chi connectivity index (χ1n) is 16.6. The fourth-order valence-corrected chi connectivity index (χ4v) is 8.59. The predicted octanol–water partition coefficient (Wildman–Crippen LogP) is 9.00. The quantitative estimate of drug-likeness (QED) is 0.196. The molecule has 2 aliphatic carbocycles. The Bertz CT molecular complexity index is 1650.